The molecule has 0 radical (unpaired) electrons. The molecular formula is C33H60O6. The highest BCUT2D eigenvalue weighted by atomic mass is 16.7. The van der Waals surface area contributed by atoms with E-state index in [0.29, 0.717) is 19.6 Å². The van der Waals surface area contributed by atoms with Gasteiger partial charge in [0.2, 0.25) is 0 Å². The van der Waals surface area contributed by atoms with Crippen LogP contribution in [0.2, 0.25) is 0 Å². The summed E-state index contributed by atoms with van der Waals surface area (Å²) in [5, 5.41) is 0. The van der Waals surface area contributed by atoms with Crippen LogP contribution in [0.3, 0.4) is 0 Å². The van der Waals surface area contributed by atoms with Crippen molar-refractivity contribution in [2.24, 2.45) is 0 Å². The highest BCUT2D eigenvalue weighted by Gasteiger charge is 2.37. The van der Waals surface area contributed by atoms with Crippen molar-refractivity contribution in [2.75, 3.05) is 13.9 Å². The van der Waals surface area contributed by atoms with Gasteiger partial charge >= 0.3 is 5.97 Å². The quantitative estimate of drug-likeness (QED) is 0.0371. The highest BCUT2D eigenvalue weighted by Crippen LogP contribution is 2.32. The molecule has 0 aromatic carbocycles. The van der Waals surface area contributed by atoms with E-state index < -0.39 is 11.8 Å². The van der Waals surface area contributed by atoms with E-state index in [9.17, 15) is 4.79 Å². The molecule has 39 heavy (non-hydrogen) atoms. The number of rotatable bonds is 25. The zero-order valence-electron chi connectivity index (χ0n) is 25.8. The molecule has 1 saturated heterocycles. The Balaban J connectivity index is 2.39. The van der Waals surface area contributed by atoms with Crippen molar-refractivity contribution in [2.45, 2.75) is 167 Å². The van der Waals surface area contributed by atoms with Crippen molar-refractivity contribution in [3.8, 4) is 0 Å². The third kappa shape index (κ3) is 18.7. The first-order valence-electron chi connectivity index (χ1n) is 15.7. The normalized spacial score (nSPS) is 20.3. The third-order valence-corrected chi connectivity index (χ3v) is 7.44. The van der Waals surface area contributed by atoms with Gasteiger partial charge in [-0.15, -0.1) is 6.58 Å². The van der Waals surface area contributed by atoms with Crippen molar-refractivity contribution < 1.29 is 28.5 Å². The summed E-state index contributed by atoms with van der Waals surface area (Å²) in [5.74, 6) is -1.10. The Morgan fingerprint density at radius 2 is 1.49 bits per heavy atom. The number of carbonyl (C=O) groups is 1. The molecule has 1 fully saturated rings. The summed E-state index contributed by atoms with van der Waals surface area (Å²) < 4.78 is 29.2. The Hall–Kier alpha value is -1.21. The maximum absolute atomic E-state index is 11.8. The summed E-state index contributed by atoms with van der Waals surface area (Å²) in [5.41, 5.74) is 0. The summed E-state index contributed by atoms with van der Waals surface area (Å²) in [6.45, 7) is 13.8. The van der Waals surface area contributed by atoms with Crippen LogP contribution in [-0.2, 0) is 28.5 Å². The molecule has 1 heterocycles. The van der Waals surface area contributed by atoms with Crippen molar-refractivity contribution in [3.05, 3.63) is 25.3 Å². The van der Waals surface area contributed by atoms with Crippen LogP contribution in [0.1, 0.15) is 136 Å². The third-order valence-electron chi connectivity index (χ3n) is 7.44. The molecule has 0 amide bonds. The Morgan fingerprint density at radius 1 is 0.897 bits per heavy atom. The van der Waals surface area contributed by atoms with Gasteiger partial charge in [0.1, 0.15) is 12.9 Å². The fourth-order valence-electron chi connectivity index (χ4n) is 5.49. The van der Waals surface area contributed by atoms with E-state index in [0.717, 1.165) is 25.7 Å². The first-order chi connectivity index (χ1) is 18.8. The zero-order valence-corrected chi connectivity index (χ0v) is 25.8. The van der Waals surface area contributed by atoms with Crippen molar-refractivity contribution >= 4 is 5.97 Å². The van der Waals surface area contributed by atoms with Crippen LogP contribution in [0.25, 0.3) is 0 Å². The van der Waals surface area contributed by atoms with Gasteiger partial charge in [-0.1, -0.05) is 96.6 Å². The lowest BCUT2D eigenvalue weighted by molar-refractivity contribution is -0.304. The lowest BCUT2D eigenvalue weighted by Gasteiger charge is -2.42. The zero-order chi connectivity index (χ0) is 28.8. The number of ether oxygens (including phenoxy) is 5. The summed E-state index contributed by atoms with van der Waals surface area (Å²) in [7, 11) is 1.68. The molecule has 0 spiro atoms. The number of esters is 1. The minimum Gasteiger partial charge on any atom is -0.459 e. The molecule has 0 N–H and O–H groups in total. The smallest absolute Gasteiger partial charge is 0.330 e. The Labute approximate surface area is 240 Å². The fourth-order valence-corrected chi connectivity index (χ4v) is 5.49. The van der Waals surface area contributed by atoms with Crippen molar-refractivity contribution in [3.63, 3.8) is 0 Å². The second-order valence-corrected chi connectivity index (χ2v) is 11.6. The van der Waals surface area contributed by atoms with E-state index in [1.807, 2.05) is 13.8 Å². The monoisotopic (exact) mass is 552 g/mol. The Kier molecular flexibility index (Phi) is 20.6. The predicted molar refractivity (Wildman–Crippen MR) is 160 cm³/mol. The van der Waals surface area contributed by atoms with Gasteiger partial charge in [-0.2, -0.15) is 0 Å². The molecule has 0 saturated carbocycles. The van der Waals surface area contributed by atoms with Gasteiger partial charge in [0.05, 0.1) is 18.3 Å². The number of hydrogen-bond donors (Lipinski definition) is 0. The molecule has 1 aliphatic rings. The number of hydrogen-bond acceptors (Lipinski definition) is 6. The maximum atomic E-state index is 11.8. The van der Waals surface area contributed by atoms with E-state index in [2.05, 4.69) is 20.1 Å². The average Bonchev–Trinajstić information content (AvgIpc) is 2.89. The minimum atomic E-state index is -0.687. The molecule has 1 rings (SSSR count). The average molecular weight is 553 g/mol. The summed E-state index contributed by atoms with van der Waals surface area (Å²) in [4.78, 5) is 11.8. The summed E-state index contributed by atoms with van der Waals surface area (Å²) >= 11 is 0. The molecule has 0 bridgehead atoms. The highest BCUT2D eigenvalue weighted by molar-refractivity contribution is 5.81. The second kappa shape index (κ2) is 22.5. The predicted octanol–water partition coefficient (Wildman–Crippen LogP) is 8.82. The van der Waals surface area contributed by atoms with Gasteiger partial charge in [0.25, 0.3) is 0 Å². The topological polar surface area (TPSA) is 63.2 Å². The van der Waals surface area contributed by atoms with E-state index in [1.165, 1.54) is 83.1 Å². The fraction of sp³-hybridized carbons (Fsp3) is 0.848. The van der Waals surface area contributed by atoms with Crippen molar-refractivity contribution in [1.82, 2.24) is 0 Å². The van der Waals surface area contributed by atoms with Crippen LogP contribution in [0.4, 0.5) is 0 Å². The van der Waals surface area contributed by atoms with Crippen LogP contribution < -0.4 is 0 Å². The SMILES string of the molecule is C=CC[C@H](C[C@@H]1C[C@H](CC[C@H](CCCCCCCCCCCCCC)OCOC)OC(C)(C)O1)OC(=O)C=C. The van der Waals surface area contributed by atoms with Gasteiger partial charge in [0, 0.05) is 32.4 Å². The Morgan fingerprint density at radius 3 is 2.05 bits per heavy atom. The first kappa shape index (κ1) is 35.8. The second-order valence-electron chi connectivity index (χ2n) is 11.6. The standard InChI is InChI=1S/C33H60O6/c1-7-10-11-12-13-14-15-16-17-18-19-20-22-28(36-27-35-6)23-24-30-26-31(39-33(4,5)38-30)25-29(21-8-2)37-32(34)9-3/h8-9,28-31H,2-3,7,10-27H2,1,4-6H3/t28-,29+,30-,31+/m0/s1. The molecular weight excluding hydrogens is 492 g/mol. The van der Waals surface area contributed by atoms with Gasteiger partial charge in [-0.05, 0) is 33.1 Å². The maximum Gasteiger partial charge on any atom is 0.330 e. The van der Waals surface area contributed by atoms with Gasteiger partial charge < -0.3 is 23.7 Å². The molecule has 0 unspecified atom stereocenters. The molecule has 1 aliphatic heterocycles. The first-order valence-corrected chi connectivity index (χ1v) is 15.7. The van der Waals surface area contributed by atoms with Crippen LogP contribution >= 0.6 is 0 Å². The summed E-state index contributed by atoms with van der Waals surface area (Å²) in [6, 6.07) is 0. The van der Waals surface area contributed by atoms with Gasteiger partial charge in [-0.25, -0.2) is 4.79 Å². The van der Waals surface area contributed by atoms with Crippen LogP contribution in [0, 0.1) is 0 Å². The molecule has 4 atom stereocenters. The van der Waals surface area contributed by atoms with E-state index in [1.54, 1.807) is 13.2 Å². The lowest BCUT2D eigenvalue weighted by Crippen LogP contribution is -2.46. The largest absolute Gasteiger partial charge is 0.459 e. The van der Waals surface area contributed by atoms with E-state index in [4.69, 9.17) is 23.7 Å². The van der Waals surface area contributed by atoms with E-state index >= 15 is 0 Å². The molecule has 0 aromatic heterocycles. The lowest BCUT2D eigenvalue weighted by atomic mass is 9.96. The van der Waals surface area contributed by atoms with Gasteiger partial charge in [0.15, 0.2) is 5.79 Å². The van der Waals surface area contributed by atoms with Crippen molar-refractivity contribution in [1.29, 1.82) is 0 Å². The molecule has 6 nitrogen and oxygen atoms in total. The van der Waals surface area contributed by atoms with Crippen LogP contribution in [0.15, 0.2) is 25.3 Å². The number of methoxy groups -OCH3 is 1. The minimum absolute atomic E-state index is 0.0593. The molecule has 228 valence electrons. The molecule has 0 aliphatic carbocycles. The Bertz CT molecular complexity index is 634. The van der Waals surface area contributed by atoms with Gasteiger partial charge in [-0.3, -0.25) is 0 Å². The van der Waals surface area contributed by atoms with Crippen LogP contribution in [0.5, 0.6) is 0 Å². The van der Waals surface area contributed by atoms with E-state index in [-0.39, 0.29) is 24.4 Å². The molecule has 0 aromatic rings. The summed E-state index contributed by atoms with van der Waals surface area (Å²) in [6.07, 6.45) is 23.9. The number of carbonyl (C=O) groups excluding carboxylic acids is 1. The number of unbranched alkanes of at least 4 members (excludes halogenated alkanes) is 11. The molecule has 6 heteroatoms. The van der Waals surface area contributed by atoms with Crippen LogP contribution in [-0.4, -0.2) is 50.1 Å².